The summed E-state index contributed by atoms with van der Waals surface area (Å²) < 4.78 is 4.77. The minimum Gasteiger partial charge on any atom is -0.375 e. The first-order valence-corrected chi connectivity index (χ1v) is 6.54. The molecule has 1 saturated carbocycles. The molecule has 0 aromatic heterocycles. The molecule has 1 aliphatic carbocycles. The summed E-state index contributed by atoms with van der Waals surface area (Å²) in [7, 11) is 4.95. The molecule has 0 unspecified atom stereocenters. The Balaban J connectivity index is 2.41. The van der Waals surface area contributed by atoms with E-state index >= 15 is 0 Å². The number of methoxy groups -OCH3 is 1. The summed E-state index contributed by atoms with van der Waals surface area (Å²) in [6.07, 6.45) is 5.82. The second-order valence-corrected chi connectivity index (χ2v) is 4.98. The molecule has 18 heavy (non-hydrogen) atoms. The van der Waals surface area contributed by atoms with Crippen LogP contribution in [0.3, 0.4) is 0 Å². The van der Waals surface area contributed by atoms with E-state index in [0.717, 1.165) is 12.8 Å². The van der Waals surface area contributed by atoms with Gasteiger partial charge in [-0.1, -0.05) is 19.3 Å². The maximum Gasteiger partial charge on any atom is 0.248 e. The van der Waals surface area contributed by atoms with E-state index in [2.05, 4.69) is 0 Å². The van der Waals surface area contributed by atoms with Crippen LogP contribution in [0.5, 0.6) is 0 Å². The van der Waals surface area contributed by atoms with Gasteiger partial charge in [-0.05, 0) is 12.8 Å². The summed E-state index contributed by atoms with van der Waals surface area (Å²) in [4.78, 5) is 26.8. The van der Waals surface area contributed by atoms with Gasteiger partial charge in [0.15, 0.2) is 0 Å². The molecule has 0 heterocycles. The van der Waals surface area contributed by atoms with Crippen LogP contribution in [0.15, 0.2) is 0 Å². The van der Waals surface area contributed by atoms with Crippen LogP contribution >= 0.6 is 0 Å². The van der Waals surface area contributed by atoms with E-state index in [4.69, 9.17) is 4.74 Å². The lowest BCUT2D eigenvalue weighted by Crippen LogP contribution is -2.45. The molecule has 0 N–H and O–H groups in total. The molecule has 0 aliphatic heterocycles. The van der Waals surface area contributed by atoms with E-state index in [1.165, 1.54) is 31.3 Å². The van der Waals surface area contributed by atoms with Gasteiger partial charge in [0.05, 0.1) is 6.54 Å². The third-order valence-corrected chi connectivity index (χ3v) is 3.58. The minimum atomic E-state index is -0.164. The standard InChI is InChI=1S/C13H24N2O3/c1-14(13(17)10-18-3)9-12(16)15(2)11-7-5-4-6-8-11/h11H,4-10H2,1-3H3. The fourth-order valence-electron chi connectivity index (χ4n) is 2.31. The Morgan fingerprint density at radius 1 is 1.11 bits per heavy atom. The molecule has 0 spiro atoms. The highest BCUT2D eigenvalue weighted by Gasteiger charge is 2.23. The average Bonchev–Trinajstić information content (AvgIpc) is 2.39. The molecule has 0 atom stereocenters. The molecule has 5 heteroatoms. The predicted molar refractivity (Wildman–Crippen MR) is 69.2 cm³/mol. The molecule has 0 radical (unpaired) electrons. The summed E-state index contributed by atoms with van der Waals surface area (Å²) >= 11 is 0. The van der Waals surface area contributed by atoms with Crippen LogP contribution in [0.4, 0.5) is 0 Å². The zero-order chi connectivity index (χ0) is 13.5. The fraction of sp³-hybridized carbons (Fsp3) is 0.846. The summed E-state index contributed by atoms with van der Waals surface area (Å²) in [5, 5.41) is 0. The summed E-state index contributed by atoms with van der Waals surface area (Å²) in [5.41, 5.74) is 0. The number of ether oxygens (including phenoxy) is 1. The van der Waals surface area contributed by atoms with Crippen molar-refractivity contribution in [2.24, 2.45) is 0 Å². The maximum atomic E-state index is 12.1. The van der Waals surface area contributed by atoms with Crippen molar-refractivity contribution in [3.05, 3.63) is 0 Å². The summed E-state index contributed by atoms with van der Waals surface area (Å²) in [6.45, 7) is 0.159. The molecule has 1 rings (SSSR count). The van der Waals surface area contributed by atoms with Gasteiger partial charge in [-0.3, -0.25) is 9.59 Å². The molecule has 1 fully saturated rings. The molecule has 5 nitrogen and oxygen atoms in total. The largest absolute Gasteiger partial charge is 0.375 e. The first-order valence-electron chi connectivity index (χ1n) is 6.54. The molecule has 0 aromatic rings. The quantitative estimate of drug-likeness (QED) is 0.734. The Morgan fingerprint density at radius 3 is 2.28 bits per heavy atom. The SMILES string of the molecule is COCC(=O)N(C)CC(=O)N(C)C1CCCCC1. The lowest BCUT2D eigenvalue weighted by Gasteiger charge is -2.32. The lowest BCUT2D eigenvalue weighted by atomic mass is 9.94. The number of hydrogen-bond acceptors (Lipinski definition) is 3. The van der Waals surface area contributed by atoms with Gasteiger partial charge in [-0.15, -0.1) is 0 Å². The number of amides is 2. The zero-order valence-electron chi connectivity index (χ0n) is 11.6. The van der Waals surface area contributed by atoms with Gasteiger partial charge in [0.1, 0.15) is 6.61 Å². The highest BCUT2D eigenvalue weighted by molar-refractivity contribution is 5.85. The highest BCUT2D eigenvalue weighted by atomic mass is 16.5. The molecular weight excluding hydrogens is 232 g/mol. The van der Waals surface area contributed by atoms with E-state index in [1.807, 2.05) is 7.05 Å². The number of nitrogens with zero attached hydrogens (tertiary/aromatic N) is 2. The van der Waals surface area contributed by atoms with Crippen molar-refractivity contribution in [1.82, 2.24) is 9.80 Å². The topological polar surface area (TPSA) is 49.9 Å². The Bertz CT molecular complexity index is 288. The highest BCUT2D eigenvalue weighted by Crippen LogP contribution is 2.21. The van der Waals surface area contributed by atoms with Gasteiger partial charge < -0.3 is 14.5 Å². The van der Waals surface area contributed by atoms with Crippen LogP contribution in [-0.2, 0) is 14.3 Å². The van der Waals surface area contributed by atoms with E-state index in [0.29, 0.717) is 6.04 Å². The van der Waals surface area contributed by atoms with Crippen molar-refractivity contribution in [1.29, 1.82) is 0 Å². The molecular formula is C13H24N2O3. The van der Waals surface area contributed by atoms with Gasteiger partial charge in [0.2, 0.25) is 11.8 Å². The van der Waals surface area contributed by atoms with Crippen LogP contribution in [0.1, 0.15) is 32.1 Å². The Labute approximate surface area is 109 Å². The molecule has 0 saturated heterocycles. The zero-order valence-corrected chi connectivity index (χ0v) is 11.6. The predicted octanol–water partition coefficient (Wildman–Crippen LogP) is 0.882. The number of hydrogen-bond donors (Lipinski definition) is 0. The van der Waals surface area contributed by atoms with Crippen molar-refractivity contribution < 1.29 is 14.3 Å². The minimum absolute atomic E-state index is 0.00820. The first kappa shape index (κ1) is 15.0. The fourth-order valence-corrected chi connectivity index (χ4v) is 2.31. The van der Waals surface area contributed by atoms with Crippen molar-refractivity contribution in [2.75, 3.05) is 34.4 Å². The Morgan fingerprint density at radius 2 is 1.72 bits per heavy atom. The van der Waals surface area contributed by atoms with Crippen LogP contribution < -0.4 is 0 Å². The number of carbonyl (C=O) groups is 2. The number of likely N-dealkylation sites (N-methyl/N-ethyl adjacent to an activating group) is 2. The van der Waals surface area contributed by atoms with Crippen molar-refractivity contribution >= 4 is 11.8 Å². The van der Waals surface area contributed by atoms with E-state index < -0.39 is 0 Å². The third kappa shape index (κ3) is 4.29. The molecule has 0 bridgehead atoms. The molecule has 1 aliphatic rings. The average molecular weight is 256 g/mol. The Hall–Kier alpha value is -1.10. The summed E-state index contributed by atoms with van der Waals surface area (Å²) in [5.74, 6) is -0.156. The van der Waals surface area contributed by atoms with E-state index in [1.54, 1.807) is 11.9 Å². The second-order valence-electron chi connectivity index (χ2n) is 4.98. The molecule has 0 aromatic carbocycles. The van der Waals surface area contributed by atoms with Crippen LogP contribution in [0.25, 0.3) is 0 Å². The second kappa shape index (κ2) is 7.36. The van der Waals surface area contributed by atoms with Gasteiger partial charge in [0, 0.05) is 27.2 Å². The van der Waals surface area contributed by atoms with Crippen LogP contribution in [-0.4, -0.2) is 62.0 Å². The number of carbonyl (C=O) groups excluding carboxylic acids is 2. The lowest BCUT2D eigenvalue weighted by molar-refractivity contribution is -0.142. The van der Waals surface area contributed by atoms with Gasteiger partial charge >= 0.3 is 0 Å². The third-order valence-electron chi connectivity index (χ3n) is 3.58. The normalized spacial score (nSPS) is 16.4. The maximum absolute atomic E-state index is 12.1. The van der Waals surface area contributed by atoms with Crippen molar-refractivity contribution in [3.63, 3.8) is 0 Å². The van der Waals surface area contributed by atoms with Crippen LogP contribution in [0, 0.1) is 0 Å². The van der Waals surface area contributed by atoms with E-state index in [-0.39, 0.29) is 25.0 Å². The monoisotopic (exact) mass is 256 g/mol. The van der Waals surface area contributed by atoms with Gasteiger partial charge in [0.25, 0.3) is 0 Å². The van der Waals surface area contributed by atoms with Gasteiger partial charge in [-0.25, -0.2) is 0 Å². The summed E-state index contributed by atoms with van der Waals surface area (Å²) in [6, 6.07) is 0.345. The van der Waals surface area contributed by atoms with Crippen molar-refractivity contribution in [3.8, 4) is 0 Å². The first-order chi connectivity index (χ1) is 8.56. The number of rotatable bonds is 5. The molecule has 104 valence electrons. The Kier molecular flexibility index (Phi) is 6.12. The van der Waals surface area contributed by atoms with Gasteiger partial charge in [-0.2, -0.15) is 0 Å². The van der Waals surface area contributed by atoms with E-state index in [9.17, 15) is 9.59 Å². The van der Waals surface area contributed by atoms with Crippen LogP contribution in [0.2, 0.25) is 0 Å². The van der Waals surface area contributed by atoms with Crippen molar-refractivity contribution in [2.45, 2.75) is 38.1 Å². The smallest absolute Gasteiger partial charge is 0.248 e. The molecule has 2 amide bonds.